The van der Waals surface area contributed by atoms with Crippen LogP contribution < -0.4 is 5.73 Å². The Labute approximate surface area is 88.4 Å². The molecule has 1 aromatic rings. The van der Waals surface area contributed by atoms with Crippen molar-refractivity contribution in [2.75, 3.05) is 13.6 Å². The summed E-state index contributed by atoms with van der Waals surface area (Å²) in [4.78, 5) is 5.73. The van der Waals surface area contributed by atoms with Crippen molar-refractivity contribution in [1.29, 1.82) is 5.41 Å². The maximum Gasteiger partial charge on any atom is 0.141 e. The average molecular weight is 210 g/mol. The predicted octanol–water partition coefficient (Wildman–Crippen LogP) is 0.979. The van der Waals surface area contributed by atoms with Crippen LogP contribution in [0.5, 0.6) is 0 Å². The SMILES string of the molecule is CN(CCC(=N)N)Cc1cncc(F)c1. The van der Waals surface area contributed by atoms with Gasteiger partial charge in [-0.3, -0.25) is 10.4 Å². The number of aromatic nitrogens is 1. The summed E-state index contributed by atoms with van der Waals surface area (Å²) >= 11 is 0. The van der Waals surface area contributed by atoms with E-state index >= 15 is 0 Å². The molecule has 0 fully saturated rings. The molecule has 0 aliphatic rings. The molecule has 0 amide bonds. The topological polar surface area (TPSA) is 66.0 Å². The van der Waals surface area contributed by atoms with Crippen LogP contribution in [0, 0.1) is 11.2 Å². The summed E-state index contributed by atoms with van der Waals surface area (Å²) in [5, 5.41) is 7.08. The molecule has 82 valence electrons. The van der Waals surface area contributed by atoms with Crippen LogP contribution in [-0.2, 0) is 6.54 Å². The second-order valence-electron chi connectivity index (χ2n) is 3.52. The zero-order valence-corrected chi connectivity index (χ0v) is 8.70. The number of hydrogen-bond donors (Lipinski definition) is 2. The van der Waals surface area contributed by atoms with E-state index in [2.05, 4.69) is 4.98 Å². The third kappa shape index (κ3) is 4.51. The molecule has 1 heterocycles. The molecule has 0 aliphatic heterocycles. The molecule has 4 nitrogen and oxygen atoms in total. The fourth-order valence-corrected chi connectivity index (χ4v) is 1.24. The van der Waals surface area contributed by atoms with Crippen LogP contribution in [0.2, 0.25) is 0 Å². The Bertz CT molecular complexity index is 340. The van der Waals surface area contributed by atoms with Crippen molar-refractivity contribution < 1.29 is 4.39 Å². The van der Waals surface area contributed by atoms with Gasteiger partial charge in [0.15, 0.2) is 0 Å². The summed E-state index contributed by atoms with van der Waals surface area (Å²) in [6.45, 7) is 1.30. The molecule has 3 N–H and O–H groups in total. The van der Waals surface area contributed by atoms with Gasteiger partial charge in [-0.2, -0.15) is 0 Å². The summed E-state index contributed by atoms with van der Waals surface area (Å²) in [5.74, 6) is -0.160. The molecule has 0 atom stereocenters. The van der Waals surface area contributed by atoms with Gasteiger partial charge in [0.25, 0.3) is 0 Å². The zero-order valence-electron chi connectivity index (χ0n) is 8.70. The van der Waals surface area contributed by atoms with Gasteiger partial charge < -0.3 is 10.6 Å². The molecular formula is C10H15FN4. The number of halogens is 1. The fraction of sp³-hybridized carbons (Fsp3) is 0.400. The van der Waals surface area contributed by atoms with Crippen molar-refractivity contribution in [2.24, 2.45) is 5.73 Å². The molecule has 0 spiro atoms. The number of amidine groups is 1. The maximum atomic E-state index is 12.8. The summed E-state index contributed by atoms with van der Waals surface area (Å²) < 4.78 is 12.8. The van der Waals surface area contributed by atoms with E-state index in [-0.39, 0.29) is 11.7 Å². The second kappa shape index (κ2) is 5.41. The lowest BCUT2D eigenvalue weighted by atomic mass is 10.2. The average Bonchev–Trinajstić information content (AvgIpc) is 2.15. The van der Waals surface area contributed by atoms with E-state index in [1.54, 1.807) is 6.20 Å². The van der Waals surface area contributed by atoms with Gasteiger partial charge in [-0.05, 0) is 18.7 Å². The first kappa shape index (κ1) is 11.6. The molecule has 0 bridgehead atoms. The lowest BCUT2D eigenvalue weighted by Gasteiger charge is -2.15. The highest BCUT2D eigenvalue weighted by molar-refractivity contribution is 5.76. The van der Waals surface area contributed by atoms with E-state index in [0.717, 1.165) is 5.56 Å². The molecule has 0 saturated heterocycles. The molecule has 0 aromatic carbocycles. The highest BCUT2D eigenvalue weighted by Crippen LogP contribution is 2.04. The van der Waals surface area contributed by atoms with Crippen molar-refractivity contribution in [3.63, 3.8) is 0 Å². The van der Waals surface area contributed by atoms with Crippen LogP contribution in [-0.4, -0.2) is 29.3 Å². The van der Waals surface area contributed by atoms with E-state index in [1.807, 2.05) is 11.9 Å². The Morgan fingerprint density at radius 3 is 2.93 bits per heavy atom. The number of nitrogens with one attached hydrogen (secondary N) is 1. The van der Waals surface area contributed by atoms with E-state index in [0.29, 0.717) is 19.5 Å². The van der Waals surface area contributed by atoms with Crippen molar-refractivity contribution in [1.82, 2.24) is 9.88 Å². The Morgan fingerprint density at radius 2 is 2.33 bits per heavy atom. The highest BCUT2D eigenvalue weighted by atomic mass is 19.1. The Balaban J connectivity index is 2.44. The van der Waals surface area contributed by atoms with Gasteiger partial charge in [0, 0.05) is 25.7 Å². The quantitative estimate of drug-likeness (QED) is 0.562. The van der Waals surface area contributed by atoms with Gasteiger partial charge in [-0.1, -0.05) is 0 Å². The first-order chi connectivity index (χ1) is 7.08. The van der Waals surface area contributed by atoms with E-state index in [9.17, 15) is 4.39 Å². The smallest absolute Gasteiger partial charge is 0.141 e. The number of nitrogens with two attached hydrogens (primary N) is 1. The number of nitrogens with zero attached hydrogens (tertiary/aromatic N) is 2. The van der Waals surface area contributed by atoms with Gasteiger partial charge in [-0.15, -0.1) is 0 Å². The molecule has 1 rings (SSSR count). The Morgan fingerprint density at radius 1 is 1.60 bits per heavy atom. The molecular weight excluding hydrogens is 195 g/mol. The van der Waals surface area contributed by atoms with Crippen LogP contribution in [0.4, 0.5) is 4.39 Å². The summed E-state index contributed by atoms with van der Waals surface area (Å²) in [6.07, 6.45) is 3.34. The maximum absolute atomic E-state index is 12.8. The van der Waals surface area contributed by atoms with E-state index < -0.39 is 0 Å². The number of rotatable bonds is 5. The predicted molar refractivity (Wildman–Crippen MR) is 57.1 cm³/mol. The molecule has 0 aliphatic carbocycles. The van der Waals surface area contributed by atoms with Gasteiger partial charge >= 0.3 is 0 Å². The third-order valence-corrected chi connectivity index (χ3v) is 1.98. The molecule has 0 radical (unpaired) electrons. The monoisotopic (exact) mass is 210 g/mol. The van der Waals surface area contributed by atoms with Crippen molar-refractivity contribution in [3.05, 3.63) is 29.8 Å². The van der Waals surface area contributed by atoms with Gasteiger partial charge in [0.05, 0.1) is 12.0 Å². The molecule has 0 unspecified atom stereocenters. The normalized spacial score (nSPS) is 10.6. The zero-order chi connectivity index (χ0) is 11.3. The van der Waals surface area contributed by atoms with Gasteiger partial charge in [0.1, 0.15) is 5.82 Å². The molecule has 15 heavy (non-hydrogen) atoms. The van der Waals surface area contributed by atoms with Crippen molar-refractivity contribution >= 4 is 5.84 Å². The van der Waals surface area contributed by atoms with Crippen molar-refractivity contribution in [3.8, 4) is 0 Å². The standard InChI is InChI=1S/C10H15FN4/c1-15(3-2-10(12)13)7-8-4-9(11)6-14-5-8/h4-6H,2-3,7H2,1H3,(H3,12,13). The minimum atomic E-state index is -0.326. The summed E-state index contributed by atoms with van der Waals surface area (Å²) in [5.41, 5.74) is 6.06. The largest absolute Gasteiger partial charge is 0.388 e. The number of hydrogen-bond acceptors (Lipinski definition) is 3. The van der Waals surface area contributed by atoms with Crippen LogP contribution in [0.3, 0.4) is 0 Å². The first-order valence-corrected chi connectivity index (χ1v) is 4.69. The first-order valence-electron chi connectivity index (χ1n) is 4.69. The fourth-order valence-electron chi connectivity index (χ4n) is 1.24. The second-order valence-corrected chi connectivity index (χ2v) is 3.52. The van der Waals surface area contributed by atoms with Crippen molar-refractivity contribution in [2.45, 2.75) is 13.0 Å². The minimum Gasteiger partial charge on any atom is -0.388 e. The minimum absolute atomic E-state index is 0.166. The Kier molecular flexibility index (Phi) is 4.17. The molecule has 5 heteroatoms. The van der Waals surface area contributed by atoms with Gasteiger partial charge in [-0.25, -0.2) is 4.39 Å². The van der Waals surface area contributed by atoms with E-state index in [1.165, 1.54) is 12.3 Å². The lowest BCUT2D eigenvalue weighted by Crippen LogP contribution is -2.23. The lowest BCUT2D eigenvalue weighted by molar-refractivity contribution is 0.335. The number of pyridine rings is 1. The summed E-state index contributed by atoms with van der Waals surface area (Å²) in [6, 6.07) is 1.46. The van der Waals surface area contributed by atoms with Crippen LogP contribution in [0.1, 0.15) is 12.0 Å². The summed E-state index contributed by atoms with van der Waals surface area (Å²) in [7, 11) is 1.90. The van der Waals surface area contributed by atoms with Crippen LogP contribution >= 0.6 is 0 Å². The third-order valence-electron chi connectivity index (χ3n) is 1.98. The van der Waals surface area contributed by atoms with E-state index in [4.69, 9.17) is 11.1 Å². The molecule has 1 aromatic heterocycles. The highest BCUT2D eigenvalue weighted by Gasteiger charge is 2.02. The molecule has 0 saturated carbocycles. The Hall–Kier alpha value is -1.49. The van der Waals surface area contributed by atoms with Crippen LogP contribution in [0.15, 0.2) is 18.5 Å². The van der Waals surface area contributed by atoms with Crippen LogP contribution in [0.25, 0.3) is 0 Å². The van der Waals surface area contributed by atoms with Gasteiger partial charge in [0.2, 0.25) is 0 Å².